The Morgan fingerprint density at radius 1 is 0.944 bits per heavy atom. The Morgan fingerprint density at radius 3 is 2.22 bits per heavy atom. The summed E-state index contributed by atoms with van der Waals surface area (Å²) in [5.74, 6) is 0. The summed E-state index contributed by atoms with van der Waals surface area (Å²) in [6.07, 6.45) is 0. The van der Waals surface area contributed by atoms with Gasteiger partial charge in [0.15, 0.2) is 0 Å². The second-order valence-electron chi connectivity index (χ2n) is 4.37. The van der Waals surface area contributed by atoms with Crippen LogP contribution in [0.2, 0.25) is 0 Å². The van der Waals surface area contributed by atoms with Gasteiger partial charge in [0.25, 0.3) is 0 Å². The van der Waals surface area contributed by atoms with E-state index in [1.54, 1.807) is 11.8 Å². The highest BCUT2D eigenvalue weighted by molar-refractivity contribution is 8.24. The van der Waals surface area contributed by atoms with Crippen LogP contribution in [-0.2, 0) is 0 Å². The predicted molar refractivity (Wildman–Crippen MR) is 86.3 cm³/mol. The molecule has 0 N–H and O–H groups in total. The first-order valence-corrected chi connectivity index (χ1v) is 7.32. The van der Waals surface area contributed by atoms with Gasteiger partial charge in [-0.15, -0.1) is 11.8 Å². The molecule has 18 heavy (non-hydrogen) atoms. The molecule has 0 aromatic heterocycles. The molecule has 0 fully saturated rings. The van der Waals surface area contributed by atoms with Crippen molar-refractivity contribution < 1.29 is 0 Å². The lowest BCUT2D eigenvalue weighted by Gasteiger charge is -2.12. The van der Waals surface area contributed by atoms with Gasteiger partial charge in [-0.25, -0.2) is 0 Å². The second-order valence-corrected chi connectivity index (χ2v) is 6.62. The Bertz CT molecular complexity index is 530. The van der Waals surface area contributed by atoms with Crippen LogP contribution in [0.15, 0.2) is 54.6 Å². The summed E-state index contributed by atoms with van der Waals surface area (Å²) >= 11 is 7.30. The summed E-state index contributed by atoms with van der Waals surface area (Å²) in [7, 11) is 0. The van der Waals surface area contributed by atoms with E-state index in [0.717, 1.165) is 9.76 Å². The molecular formula is C16H16S2. The predicted octanol–water partition coefficient (Wildman–Crippen LogP) is 5.17. The number of benzene rings is 2. The van der Waals surface area contributed by atoms with Crippen molar-refractivity contribution in [2.24, 2.45) is 0 Å². The number of rotatable bonds is 3. The fourth-order valence-corrected chi connectivity index (χ4v) is 3.30. The Hall–Kier alpha value is -1.12. The number of hydrogen-bond acceptors (Lipinski definition) is 2. The Balaban J connectivity index is 2.41. The minimum atomic E-state index is 0.515. The molecule has 0 spiro atoms. The number of thiocarbonyl (C=S) groups is 1. The van der Waals surface area contributed by atoms with Crippen LogP contribution in [0.3, 0.4) is 0 Å². The second kappa shape index (κ2) is 6.17. The zero-order valence-electron chi connectivity index (χ0n) is 10.6. The van der Waals surface area contributed by atoms with Crippen LogP contribution < -0.4 is 0 Å². The van der Waals surface area contributed by atoms with Gasteiger partial charge in [-0.1, -0.05) is 80.7 Å². The summed E-state index contributed by atoms with van der Waals surface area (Å²) in [5, 5.41) is 0.515. The molecule has 0 aliphatic heterocycles. The molecule has 0 aliphatic carbocycles. The van der Waals surface area contributed by atoms with Gasteiger partial charge >= 0.3 is 0 Å². The van der Waals surface area contributed by atoms with E-state index < -0.39 is 0 Å². The van der Waals surface area contributed by atoms with Crippen molar-refractivity contribution >= 4 is 28.2 Å². The van der Waals surface area contributed by atoms with Crippen LogP contribution >= 0.6 is 24.0 Å². The minimum absolute atomic E-state index is 0.515. The summed E-state index contributed by atoms with van der Waals surface area (Å²) in [6, 6.07) is 18.8. The van der Waals surface area contributed by atoms with Crippen LogP contribution in [0.1, 0.15) is 19.4 Å². The van der Waals surface area contributed by atoms with Crippen molar-refractivity contribution in [2.75, 3.05) is 0 Å². The fraction of sp³-hybridized carbons (Fsp3) is 0.188. The molecule has 0 aliphatic rings. The lowest BCUT2D eigenvalue weighted by atomic mass is 10.0. The van der Waals surface area contributed by atoms with Gasteiger partial charge in [-0.3, -0.25) is 0 Å². The van der Waals surface area contributed by atoms with Crippen molar-refractivity contribution in [2.45, 2.75) is 19.1 Å². The van der Waals surface area contributed by atoms with Gasteiger partial charge in [-0.05, 0) is 11.1 Å². The molecule has 0 radical (unpaired) electrons. The van der Waals surface area contributed by atoms with Gasteiger partial charge in [0.1, 0.15) is 0 Å². The Morgan fingerprint density at radius 2 is 1.56 bits per heavy atom. The normalized spacial score (nSPS) is 10.6. The molecule has 0 amide bonds. The monoisotopic (exact) mass is 272 g/mol. The third-order valence-corrected chi connectivity index (χ3v) is 3.99. The quantitative estimate of drug-likeness (QED) is 0.707. The molecule has 2 rings (SSSR count). The van der Waals surface area contributed by atoms with E-state index >= 15 is 0 Å². The highest BCUT2D eigenvalue weighted by Gasteiger charge is 2.10. The Kier molecular flexibility index (Phi) is 4.56. The molecule has 0 bridgehead atoms. The molecule has 0 atom stereocenters. The molecule has 92 valence electrons. The molecular weight excluding hydrogens is 256 g/mol. The van der Waals surface area contributed by atoms with E-state index in [-0.39, 0.29) is 0 Å². The average Bonchev–Trinajstić information content (AvgIpc) is 2.39. The van der Waals surface area contributed by atoms with Gasteiger partial charge in [-0.2, -0.15) is 0 Å². The molecule has 2 heteroatoms. The molecule has 0 saturated heterocycles. The van der Waals surface area contributed by atoms with E-state index in [4.69, 9.17) is 12.2 Å². The summed E-state index contributed by atoms with van der Waals surface area (Å²) < 4.78 is 0.976. The van der Waals surface area contributed by atoms with Crippen molar-refractivity contribution in [3.8, 4) is 11.1 Å². The lowest BCUT2D eigenvalue weighted by Crippen LogP contribution is -1.99. The van der Waals surface area contributed by atoms with Crippen LogP contribution in [0.25, 0.3) is 11.1 Å². The average molecular weight is 272 g/mol. The molecule has 0 saturated carbocycles. The maximum Gasteiger partial charge on any atom is 0.0787 e. The third-order valence-electron chi connectivity index (χ3n) is 2.57. The highest BCUT2D eigenvalue weighted by Crippen LogP contribution is 2.28. The summed E-state index contributed by atoms with van der Waals surface area (Å²) in [5.41, 5.74) is 3.61. The molecule has 2 aromatic rings. The van der Waals surface area contributed by atoms with E-state index in [9.17, 15) is 0 Å². The standard InChI is InChI=1S/C16H16S2/c1-12(2)18-16(17)15-11-7-6-10-14(15)13-8-4-3-5-9-13/h3-12H,1-2H3. The SMILES string of the molecule is CC(C)SC(=S)c1ccccc1-c1ccccc1. The maximum atomic E-state index is 5.55. The van der Waals surface area contributed by atoms with Crippen molar-refractivity contribution in [1.29, 1.82) is 0 Å². The molecule has 2 aromatic carbocycles. The minimum Gasteiger partial charge on any atom is -0.111 e. The molecule has 0 unspecified atom stereocenters. The van der Waals surface area contributed by atoms with Gasteiger partial charge < -0.3 is 0 Å². The lowest BCUT2D eigenvalue weighted by molar-refractivity contribution is 1.12. The van der Waals surface area contributed by atoms with E-state index in [2.05, 4.69) is 62.4 Å². The summed E-state index contributed by atoms with van der Waals surface area (Å²) in [6.45, 7) is 4.34. The fourth-order valence-electron chi connectivity index (χ4n) is 1.81. The first kappa shape index (κ1) is 13.3. The molecule has 0 heterocycles. The largest absolute Gasteiger partial charge is 0.111 e. The number of thioether (sulfide) groups is 1. The number of hydrogen-bond donors (Lipinski definition) is 0. The van der Waals surface area contributed by atoms with Crippen molar-refractivity contribution in [3.63, 3.8) is 0 Å². The highest BCUT2D eigenvalue weighted by atomic mass is 32.2. The summed E-state index contributed by atoms with van der Waals surface area (Å²) in [4.78, 5) is 0. The maximum absolute atomic E-state index is 5.55. The van der Waals surface area contributed by atoms with E-state index in [1.165, 1.54) is 11.1 Å². The molecule has 0 nitrogen and oxygen atoms in total. The van der Waals surface area contributed by atoms with Crippen LogP contribution in [0, 0.1) is 0 Å². The zero-order valence-corrected chi connectivity index (χ0v) is 12.2. The van der Waals surface area contributed by atoms with Crippen molar-refractivity contribution in [1.82, 2.24) is 0 Å². The van der Waals surface area contributed by atoms with Gasteiger partial charge in [0, 0.05) is 10.8 Å². The van der Waals surface area contributed by atoms with Gasteiger partial charge in [0.2, 0.25) is 0 Å². The topological polar surface area (TPSA) is 0 Å². The van der Waals surface area contributed by atoms with E-state index in [1.807, 2.05) is 6.07 Å². The van der Waals surface area contributed by atoms with Crippen LogP contribution in [0.5, 0.6) is 0 Å². The van der Waals surface area contributed by atoms with E-state index in [0.29, 0.717) is 5.25 Å². The first-order valence-electron chi connectivity index (χ1n) is 6.04. The van der Waals surface area contributed by atoms with Crippen LogP contribution in [0.4, 0.5) is 0 Å². The van der Waals surface area contributed by atoms with Gasteiger partial charge in [0.05, 0.1) is 4.20 Å². The zero-order chi connectivity index (χ0) is 13.0. The van der Waals surface area contributed by atoms with Crippen molar-refractivity contribution in [3.05, 3.63) is 60.2 Å². The Labute approximate surface area is 118 Å². The first-order chi connectivity index (χ1) is 8.68. The third kappa shape index (κ3) is 3.21. The van der Waals surface area contributed by atoms with Crippen LogP contribution in [-0.4, -0.2) is 9.45 Å². The smallest absolute Gasteiger partial charge is 0.0787 e.